The molecule has 1 fully saturated rings. The molecule has 1 aromatic carbocycles. The van der Waals surface area contributed by atoms with Crippen LogP contribution < -0.4 is 4.90 Å². The molecule has 5 nitrogen and oxygen atoms in total. The minimum atomic E-state index is -0.454. The lowest BCUT2D eigenvalue weighted by molar-refractivity contribution is -0.384. The summed E-state index contributed by atoms with van der Waals surface area (Å²) in [5.74, 6) is 0.102. The molecule has 0 unspecified atom stereocenters. The number of benzene rings is 1. The molecule has 1 aliphatic heterocycles. The Kier molecular flexibility index (Phi) is 3.28. The van der Waals surface area contributed by atoms with Gasteiger partial charge in [0.15, 0.2) is 5.78 Å². The smallest absolute Gasteiger partial charge is 0.292 e. The van der Waals surface area contributed by atoms with Gasteiger partial charge in [-0.05, 0) is 18.6 Å². The Morgan fingerprint density at radius 2 is 2.18 bits per heavy atom. The van der Waals surface area contributed by atoms with Gasteiger partial charge in [-0.3, -0.25) is 14.9 Å². The maximum absolute atomic E-state index is 11.4. The second-order valence-corrected chi connectivity index (χ2v) is 4.39. The van der Waals surface area contributed by atoms with Gasteiger partial charge in [-0.25, -0.2) is 0 Å². The largest absolute Gasteiger partial charge is 0.359 e. The van der Waals surface area contributed by atoms with Crippen LogP contribution in [-0.2, 0) is 4.79 Å². The molecule has 2 rings (SSSR count). The molecule has 0 spiro atoms. The van der Waals surface area contributed by atoms with Crippen LogP contribution in [0.1, 0.15) is 12.8 Å². The zero-order valence-electron chi connectivity index (χ0n) is 9.06. The van der Waals surface area contributed by atoms with Crippen LogP contribution in [0.4, 0.5) is 11.4 Å². The zero-order valence-corrected chi connectivity index (χ0v) is 9.81. The van der Waals surface area contributed by atoms with Gasteiger partial charge in [0.25, 0.3) is 5.69 Å². The molecule has 1 saturated heterocycles. The third-order valence-electron chi connectivity index (χ3n) is 2.73. The van der Waals surface area contributed by atoms with Gasteiger partial charge in [-0.1, -0.05) is 11.6 Å². The Bertz CT molecular complexity index is 476. The Morgan fingerprint density at radius 3 is 2.82 bits per heavy atom. The average molecular weight is 255 g/mol. The molecule has 0 saturated carbocycles. The van der Waals surface area contributed by atoms with Crippen LogP contribution >= 0.6 is 11.6 Å². The first-order valence-corrected chi connectivity index (χ1v) is 5.66. The molecule has 17 heavy (non-hydrogen) atoms. The molecule has 1 aliphatic rings. The number of nitro benzene ring substituents is 1. The van der Waals surface area contributed by atoms with Gasteiger partial charge in [-0.2, -0.15) is 0 Å². The van der Waals surface area contributed by atoms with E-state index in [2.05, 4.69) is 0 Å². The van der Waals surface area contributed by atoms with Crippen LogP contribution in [-0.4, -0.2) is 23.8 Å². The van der Waals surface area contributed by atoms with Crippen molar-refractivity contribution >= 4 is 28.8 Å². The topological polar surface area (TPSA) is 63.5 Å². The summed E-state index contributed by atoms with van der Waals surface area (Å²) in [7, 11) is 0. The first-order chi connectivity index (χ1) is 8.08. The number of anilines is 1. The maximum Gasteiger partial charge on any atom is 0.292 e. The molecule has 90 valence electrons. The second-order valence-electron chi connectivity index (χ2n) is 3.95. The van der Waals surface area contributed by atoms with Crippen LogP contribution in [0.15, 0.2) is 18.2 Å². The number of rotatable bonds is 2. The van der Waals surface area contributed by atoms with Crippen LogP contribution in [0, 0.1) is 10.1 Å². The van der Waals surface area contributed by atoms with E-state index in [1.54, 1.807) is 4.90 Å². The quantitative estimate of drug-likeness (QED) is 0.601. The van der Waals surface area contributed by atoms with E-state index in [1.807, 2.05) is 0 Å². The molecule has 0 aliphatic carbocycles. The number of nitrogens with zero attached hydrogens (tertiary/aromatic N) is 2. The van der Waals surface area contributed by atoms with E-state index in [0.29, 0.717) is 23.7 Å². The molecule has 0 amide bonds. The monoisotopic (exact) mass is 254 g/mol. The lowest BCUT2D eigenvalue weighted by atomic mass is 10.1. The molecule has 6 heteroatoms. The summed E-state index contributed by atoms with van der Waals surface area (Å²) in [6, 6.07) is 4.39. The van der Waals surface area contributed by atoms with E-state index in [-0.39, 0.29) is 18.0 Å². The zero-order chi connectivity index (χ0) is 12.4. The fourth-order valence-corrected chi connectivity index (χ4v) is 2.11. The van der Waals surface area contributed by atoms with Crippen molar-refractivity contribution in [2.75, 3.05) is 18.0 Å². The van der Waals surface area contributed by atoms with Crippen molar-refractivity contribution in [3.63, 3.8) is 0 Å². The van der Waals surface area contributed by atoms with Gasteiger partial charge in [0, 0.05) is 24.1 Å². The highest BCUT2D eigenvalue weighted by molar-refractivity contribution is 6.31. The number of Topliss-reactive ketones (excluding diaryl/α,β-unsaturated/α-hetero) is 1. The molecule has 1 heterocycles. The predicted octanol–water partition coefficient (Wildman–Crippen LogP) is 2.42. The molecule has 0 atom stereocenters. The fourth-order valence-electron chi connectivity index (χ4n) is 1.95. The number of hydrogen-bond acceptors (Lipinski definition) is 4. The van der Waals surface area contributed by atoms with E-state index in [9.17, 15) is 14.9 Å². The Balaban J connectivity index is 2.38. The Labute approximate surface area is 103 Å². The van der Waals surface area contributed by atoms with Crippen LogP contribution in [0.5, 0.6) is 0 Å². The highest BCUT2D eigenvalue weighted by Gasteiger charge is 2.24. The van der Waals surface area contributed by atoms with E-state index >= 15 is 0 Å². The van der Waals surface area contributed by atoms with Crippen molar-refractivity contribution in [3.05, 3.63) is 33.3 Å². The highest BCUT2D eigenvalue weighted by atomic mass is 35.5. The van der Waals surface area contributed by atoms with Gasteiger partial charge in [0.2, 0.25) is 0 Å². The third kappa shape index (κ3) is 2.55. The van der Waals surface area contributed by atoms with E-state index in [1.165, 1.54) is 18.2 Å². The normalized spacial score (nSPS) is 16.1. The van der Waals surface area contributed by atoms with Crippen molar-refractivity contribution in [3.8, 4) is 0 Å². The van der Waals surface area contributed by atoms with Crippen LogP contribution in [0.25, 0.3) is 0 Å². The Morgan fingerprint density at radius 1 is 1.41 bits per heavy atom. The van der Waals surface area contributed by atoms with Crippen molar-refractivity contribution < 1.29 is 9.72 Å². The molecule has 0 radical (unpaired) electrons. The summed E-state index contributed by atoms with van der Waals surface area (Å²) in [6.45, 7) is 0.869. The second kappa shape index (κ2) is 4.71. The standard InChI is InChI=1S/C11H11ClN2O3/c12-8-3-4-10(14(16)17)11(6-8)13-5-1-2-9(15)7-13/h3-4,6H,1-2,5,7H2. The van der Waals surface area contributed by atoms with E-state index < -0.39 is 4.92 Å². The van der Waals surface area contributed by atoms with Crippen molar-refractivity contribution in [2.45, 2.75) is 12.8 Å². The summed E-state index contributed by atoms with van der Waals surface area (Å²) in [6.07, 6.45) is 1.27. The number of ketones is 1. The fraction of sp³-hybridized carbons (Fsp3) is 0.364. The number of carbonyl (C=O) groups is 1. The molecule has 1 aromatic rings. The Hall–Kier alpha value is -1.62. The molecule has 0 bridgehead atoms. The van der Waals surface area contributed by atoms with Gasteiger partial charge in [-0.15, -0.1) is 0 Å². The van der Waals surface area contributed by atoms with E-state index in [0.717, 1.165) is 6.42 Å². The number of nitro groups is 1. The number of carbonyl (C=O) groups excluding carboxylic acids is 1. The lowest BCUT2D eigenvalue weighted by Crippen LogP contribution is -2.35. The average Bonchev–Trinajstić information content (AvgIpc) is 2.28. The van der Waals surface area contributed by atoms with Gasteiger partial charge in [0.05, 0.1) is 11.5 Å². The number of halogens is 1. The number of piperidine rings is 1. The summed E-state index contributed by atoms with van der Waals surface area (Å²) in [5.41, 5.74) is 0.416. The summed E-state index contributed by atoms with van der Waals surface area (Å²) < 4.78 is 0. The summed E-state index contributed by atoms with van der Waals surface area (Å²) >= 11 is 5.84. The van der Waals surface area contributed by atoms with Crippen LogP contribution in [0.2, 0.25) is 5.02 Å². The molecule has 0 aromatic heterocycles. The van der Waals surface area contributed by atoms with Gasteiger partial charge in [0.1, 0.15) is 5.69 Å². The van der Waals surface area contributed by atoms with Crippen LogP contribution in [0.3, 0.4) is 0 Å². The SMILES string of the molecule is O=C1CCCN(c2cc(Cl)ccc2[N+](=O)[O-])C1. The maximum atomic E-state index is 11.4. The van der Waals surface area contributed by atoms with Gasteiger partial charge < -0.3 is 4.90 Å². The molecular formula is C11H11ClN2O3. The predicted molar refractivity (Wildman–Crippen MR) is 64.6 cm³/mol. The minimum absolute atomic E-state index is 0.0101. The van der Waals surface area contributed by atoms with Crippen molar-refractivity contribution in [2.24, 2.45) is 0 Å². The molecule has 0 N–H and O–H groups in total. The first-order valence-electron chi connectivity index (χ1n) is 5.28. The highest BCUT2D eigenvalue weighted by Crippen LogP contribution is 2.32. The minimum Gasteiger partial charge on any atom is -0.359 e. The third-order valence-corrected chi connectivity index (χ3v) is 2.96. The van der Waals surface area contributed by atoms with Crippen molar-refractivity contribution in [1.29, 1.82) is 0 Å². The first kappa shape index (κ1) is 11.9. The summed E-state index contributed by atoms with van der Waals surface area (Å²) in [5, 5.41) is 11.3. The summed E-state index contributed by atoms with van der Waals surface area (Å²) in [4.78, 5) is 23.5. The molecular weight excluding hydrogens is 244 g/mol. The number of hydrogen-bond donors (Lipinski definition) is 0. The lowest BCUT2D eigenvalue weighted by Gasteiger charge is -2.27. The van der Waals surface area contributed by atoms with Gasteiger partial charge >= 0.3 is 0 Å². The van der Waals surface area contributed by atoms with E-state index in [4.69, 9.17) is 11.6 Å². The van der Waals surface area contributed by atoms with Crippen molar-refractivity contribution in [1.82, 2.24) is 0 Å².